The summed E-state index contributed by atoms with van der Waals surface area (Å²) in [5, 5.41) is 2.98. The molecule has 0 saturated heterocycles. The maximum absolute atomic E-state index is 12.6. The van der Waals surface area contributed by atoms with Crippen molar-refractivity contribution < 1.29 is 9.18 Å². The van der Waals surface area contributed by atoms with Gasteiger partial charge in [0.15, 0.2) is 0 Å². The highest BCUT2D eigenvalue weighted by atomic mass is 19.1. The Morgan fingerprint density at radius 2 is 2.07 bits per heavy atom. The summed E-state index contributed by atoms with van der Waals surface area (Å²) in [6, 6.07) is 6.46. The van der Waals surface area contributed by atoms with Gasteiger partial charge in [-0.25, -0.2) is 4.39 Å². The van der Waals surface area contributed by atoms with Crippen molar-refractivity contribution in [3.8, 4) is 0 Å². The van der Waals surface area contributed by atoms with Crippen molar-refractivity contribution in [2.75, 3.05) is 6.54 Å². The van der Waals surface area contributed by atoms with Gasteiger partial charge in [0.25, 0.3) is 0 Å². The largest absolute Gasteiger partial charge is 0.369 e. The molecule has 0 spiro atoms. The van der Waals surface area contributed by atoms with Gasteiger partial charge in [-0.05, 0) is 31.0 Å². The van der Waals surface area contributed by atoms with E-state index in [9.17, 15) is 9.18 Å². The maximum Gasteiger partial charge on any atom is 0.231 e. The third kappa shape index (κ3) is 4.56. The molecule has 4 heteroatoms. The minimum atomic E-state index is -0.374. The van der Waals surface area contributed by atoms with Gasteiger partial charge < -0.3 is 11.1 Å². The summed E-state index contributed by atoms with van der Waals surface area (Å²) >= 11 is 0. The second kappa shape index (κ2) is 5.46. The zero-order valence-corrected chi connectivity index (χ0v) is 8.66. The highest BCUT2D eigenvalue weighted by Gasteiger charge is 2.04. The summed E-state index contributed by atoms with van der Waals surface area (Å²) in [4.78, 5) is 10.5. The number of amides is 1. The van der Waals surface area contributed by atoms with Crippen molar-refractivity contribution in [3.63, 3.8) is 0 Å². The first-order chi connectivity index (χ1) is 7.08. The normalized spacial score (nSPS) is 12.4. The Hall–Kier alpha value is -1.42. The lowest BCUT2D eigenvalue weighted by Gasteiger charge is -2.12. The lowest BCUT2D eigenvalue weighted by Crippen LogP contribution is -2.35. The van der Waals surface area contributed by atoms with Gasteiger partial charge in [-0.3, -0.25) is 4.79 Å². The summed E-state index contributed by atoms with van der Waals surface area (Å²) in [5.74, 6) is -0.613. The molecule has 0 aliphatic heterocycles. The molecule has 0 aliphatic carbocycles. The Morgan fingerprint density at radius 3 is 2.60 bits per heavy atom. The fourth-order valence-electron chi connectivity index (χ4n) is 1.32. The molecule has 3 N–H and O–H groups in total. The minimum absolute atomic E-state index is 0.142. The summed E-state index contributed by atoms with van der Waals surface area (Å²) in [6.45, 7) is 2.12. The van der Waals surface area contributed by atoms with Gasteiger partial charge >= 0.3 is 0 Å². The van der Waals surface area contributed by atoms with Crippen LogP contribution in [0.4, 0.5) is 4.39 Å². The first-order valence-corrected chi connectivity index (χ1v) is 4.84. The van der Waals surface area contributed by atoms with E-state index in [1.165, 1.54) is 12.1 Å². The van der Waals surface area contributed by atoms with Crippen LogP contribution >= 0.6 is 0 Å². The molecule has 0 aromatic heterocycles. The predicted octanol–water partition coefficient (Wildman–Crippen LogP) is 0.832. The van der Waals surface area contributed by atoms with E-state index >= 15 is 0 Å². The van der Waals surface area contributed by atoms with Crippen molar-refractivity contribution in [2.45, 2.75) is 19.4 Å². The van der Waals surface area contributed by atoms with E-state index in [4.69, 9.17) is 5.73 Å². The quantitative estimate of drug-likeness (QED) is 0.756. The third-order valence-electron chi connectivity index (χ3n) is 2.08. The number of halogens is 1. The third-order valence-corrected chi connectivity index (χ3v) is 2.08. The molecule has 0 heterocycles. The van der Waals surface area contributed by atoms with Gasteiger partial charge in [0.05, 0.1) is 6.54 Å². The topological polar surface area (TPSA) is 55.1 Å². The highest BCUT2D eigenvalue weighted by molar-refractivity contribution is 5.75. The first kappa shape index (κ1) is 11.7. The lowest BCUT2D eigenvalue weighted by atomic mass is 10.1. The van der Waals surface area contributed by atoms with Crippen molar-refractivity contribution in [2.24, 2.45) is 5.73 Å². The minimum Gasteiger partial charge on any atom is -0.369 e. The molecule has 1 unspecified atom stereocenters. The van der Waals surface area contributed by atoms with Crippen LogP contribution in [-0.2, 0) is 11.2 Å². The standard InChI is InChI=1S/C11H15FN2O/c1-8(14-7-11(13)15)6-9-2-4-10(12)5-3-9/h2-5,8,14H,6-7H2,1H3,(H2,13,15). The molecule has 0 radical (unpaired) electrons. The fraction of sp³-hybridized carbons (Fsp3) is 0.364. The molecule has 15 heavy (non-hydrogen) atoms. The Labute approximate surface area is 88.5 Å². The van der Waals surface area contributed by atoms with Crippen LogP contribution in [0.1, 0.15) is 12.5 Å². The van der Waals surface area contributed by atoms with Crippen LogP contribution in [0.3, 0.4) is 0 Å². The van der Waals surface area contributed by atoms with E-state index in [2.05, 4.69) is 5.32 Å². The predicted molar refractivity (Wildman–Crippen MR) is 56.8 cm³/mol. The van der Waals surface area contributed by atoms with E-state index in [1.807, 2.05) is 6.92 Å². The molecule has 1 amide bonds. The van der Waals surface area contributed by atoms with Crippen molar-refractivity contribution in [1.82, 2.24) is 5.32 Å². The van der Waals surface area contributed by atoms with Crippen molar-refractivity contribution in [3.05, 3.63) is 35.6 Å². The Morgan fingerprint density at radius 1 is 1.47 bits per heavy atom. The zero-order valence-electron chi connectivity index (χ0n) is 8.66. The van der Waals surface area contributed by atoms with Crippen molar-refractivity contribution >= 4 is 5.91 Å². The Balaban J connectivity index is 2.40. The van der Waals surface area contributed by atoms with Gasteiger partial charge in [0, 0.05) is 6.04 Å². The molecule has 0 fully saturated rings. The number of rotatable bonds is 5. The monoisotopic (exact) mass is 210 g/mol. The number of primary amides is 1. The van der Waals surface area contributed by atoms with Crippen LogP contribution in [0, 0.1) is 5.82 Å². The number of nitrogens with one attached hydrogen (secondary N) is 1. The number of carbonyl (C=O) groups is 1. The van der Waals surface area contributed by atoms with Gasteiger partial charge in [-0.1, -0.05) is 12.1 Å². The molecule has 1 aromatic carbocycles. The van der Waals surface area contributed by atoms with E-state index in [-0.39, 0.29) is 24.3 Å². The van der Waals surface area contributed by atoms with Gasteiger partial charge in [0.2, 0.25) is 5.91 Å². The molecule has 0 saturated carbocycles. The SMILES string of the molecule is CC(Cc1ccc(F)cc1)NCC(N)=O. The molecular formula is C11H15FN2O. The van der Waals surface area contributed by atoms with Crippen molar-refractivity contribution in [1.29, 1.82) is 0 Å². The maximum atomic E-state index is 12.6. The zero-order chi connectivity index (χ0) is 11.3. The molecule has 1 atom stereocenters. The van der Waals surface area contributed by atoms with Crippen LogP contribution in [0.25, 0.3) is 0 Å². The van der Waals surface area contributed by atoms with E-state index < -0.39 is 0 Å². The summed E-state index contributed by atoms with van der Waals surface area (Å²) < 4.78 is 12.6. The van der Waals surface area contributed by atoms with Crippen LogP contribution in [0.2, 0.25) is 0 Å². The molecule has 82 valence electrons. The Bertz CT molecular complexity index is 324. The Kier molecular flexibility index (Phi) is 4.24. The van der Waals surface area contributed by atoms with Crippen LogP contribution < -0.4 is 11.1 Å². The molecule has 0 bridgehead atoms. The number of hydrogen-bond acceptors (Lipinski definition) is 2. The van der Waals surface area contributed by atoms with E-state index in [0.717, 1.165) is 12.0 Å². The van der Waals surface area contributed by atoms with Gasteiger partial charge in [-0.2, -0.15) is 0 Å². The fourth-order valence-corrected chi connectivity index (χ4v) is 1.32. The number of nitrogens with two attached hydrogens (primary N) is 1. The summed E-state index contributed by atoms with van der Waals surface area (Å²) in [6.07, 6.45) is 0.744. The average Bonchev–Trinajstić information content (AvgIpc) is 2.19. The van der Waals surface area contributed by atoms with Crippen LogP contribution in [-0.4, -0.2) is 18.5 Å². The molecular weight excluding hydrogens is 195 g/mol. The second-order valence-electron chi connectivity index (χ2n) is 3.58. The summed E-state index contributed by atoms with van der Waals surface area (Å²) in [7, 11) is 0. The number of carbonyl (C=O) groups excluding carboxylic acids is 1. The lowest BCUT2D eigenvalue weighted by molar-refractivity contribution is -0.117. The summed E-state index contributed by atoms with van der Waals surface area (Å²) in [5.41, 5.74) is 6.03. The number of hydrogen-bond donors (Lipinski definition) is 2. The molecule has 1 rings (SSSR count). The van der Waals surface area contributed by atoms with E-state index in [0.29, 0.717) is 0 Å². The molecule has 0 aliphatic rings. The molecule has 3 nitrogen and oxygen atoms in total. The van der Waals surface area contributed by atoms with Gasteiger partial charge in [-0.15, -0.1) is 0 Å². The highest BCUT2D eigenvalue weighted by Crippen LogP contribution is 2.05. The first-order valence-electron chi connectivity index (χ1n) is 4.84. The average molecular weight is 210 g/mol. The second-order valence-corrected chi connectivity index (χ2v) is 3.58. The number of benzene rings is 1. The van der Waals surface area contributed by atoms with E-state index in [1.54, 1.807) is 12.1 Å². The smallest absolute Gasteiger partial charge is 0.231 e. The van der Waals surface area contributed by atoms with Crippen LogP contribution in [0.5, 0.6) is 0 Å². The van der Waals surface area contributed by atoms with Crippen LogP contribution in [0.15, 0.2) is 24.3 Å². The molecule has 1 aromatic rings. The van der Waals surface area contributed by atoms with Gasteiger partial charge in [0.1, 0.15) is 5.82 Å².